The van der Waals surface area contributed by atoms with Gasteiger partial charge in [-0.3, -0.25) is 0 Å². The van der Waals surface area contributed by atoms with Gasteiger partial charge in [-0.15, -0.1) is 0 Å². The molecule has 1 aromatic carbocycles. The Morgan fingerprint density at radius 2 is 1.94 bits per heavy atom. The number of nitrogens with two attached hydrogens (primary N) is 1. The monoisotopic (exact) mass is 248 g/mol. The minimum Gasteiger partial charge on any atom is -0.396 e. The Balaban J connectivity index is 1.88. The molecule has 3 heteroatoms. The summed E-state index contributed by atoms with van der Waals surface area (Å²) in [5.74, 6) is 0. The molecular weight excluding hydrogens is 224 g/mol. The summed E-state index contributed by atoms with van der Waals surface area (Å²) in [5.41, 5.74) is 8.86. The number of anilines is 1. The third kappa shape index (κ3) is 3.47. The van der Waals surface area contributed by atoms with Gasteiger partial charge in [0.2, 0.25) is 0 Å². The molecule has 0 amide bonds. The number of benzene rings is 1. The fourth-order valence-corrected chi connectivity index (χ4v) is 2.70. The molecule has 1 aromatic rings. The summed E-state index contributed by atoms with van der Waals surface area (Å²) in [6.45, 7) is 2.37. The number of unbranched alkanes of at least 4 members (excludes halogenated alkanes) is 3. The molecule has 18 heavy (non-hydrogen) atoms. The summed E-state index contributed by atoms with van der Waals surface area (Å²) in [4.78, 5) is 2.42. The SMILES string of the molecule is NC1Cc2ccccc2N(CCCCCCO)C1. The van der Waals surface area contributed by atoms with Crippen molar-refractivity contribution in [1.29, 1.82) is 0 Å². The molecule has 1 heterocycles. The van der Waals surface area contributed by atoms with E-state index in [0.717, 1.165) is 32.4 Å². The zero-order valence-electron chi connectivity index (χ0n) is 11.0. The summed E-state index contributed by atoms with van der Waals surface area (Å²) in [6.07, 6.45) is 5.42. The number of aliphatic hydroxyl groups is 1. The van der Waals surface area contributed by atoms with Crippen molar-refractivity contribution in [3.63, 3.8) is 0 Å². The van der Waals surface area contributed by atoms with Gasteiger partial charge in [0.1, 0.15) is 0 Å². The predicted molar refractivity (Wildman–Crippen MR) is 75.9 cm³/mol. The molecule has 1 aliphatic rings. The molecule has 3 N–H and O–H groups in total. The van der Waals surface area contributed by atoms with Gasteiger partial charge in [-0.1, -0.05) is 31.0 Å². The van der Waals surface area contributed by atoms with Gasteiger partial charge in [-0.05, 0) is 30.9 Å². The molecule has 0 bridgehead atoms. The lowest BCUT2D eigenvalue weighted by atomic mass is 9.98. The molecule has 0 spiro atoms. The Morgan fingerprint density at radius 1 is 1.17 bits per heavy atom. The molecule has 1 aliphatic heterocycles. The molecule has 0 aliphatic carbocycles. The average molecular weight is 248 g/mol. The van der Waals surface area contributed by atoms with E-state index in [9.17, 15) is 0 Å². The van der Waals surface area contributed by atoms with Gasteiger partial charge in [-0.2, -0.15) is 0 Å². The molecular formula is C15H24N2O. The highest BCUT2D eigenvalue weighted by molar-refractivity contribution is 5.56. The molecule has 2 rings (SSSR count). The summed E-state index contributed by atoms with van der Waals surface area (Å²) in [6, 6.07) is 8.85. The first-order chi connectivity index (χ1) is 8.81. The summed E-state index contributed by atoms with van der Waals surface area (Å²) >= 11 is 0. The number of rotatable bonds is 6. The van der Waals surface area contributed by atoms with E-state index in [0.29, 0.717) is 6.61 Å². The van der Waals surface area contributed by atoms with E-state index >= 15 is 0 Å². The maximum Gasteiger partial charge on any atom is 0.0431 e. The van der Waals surface area contributed by atoms with Gasteiger partial charge in [0.15, 0.2) is 0 Å². The first-order valence-corrected chi connectivity index (χ1v) is 7.00. The summed E-state index contributed by atoms with van der Waals surface area (Å²) < 4.78 is 0. The molecule has 1 unspecified atom stereocenters. The maximum absolute atomic E-state index is 8.75. The van der Waals surface area contributed by atoms with E-state index in [1.165, 1.54) is 24.1 Å². The Morgan fingerprint density at radius 3 is 2.78 bits per heavy atom. The first-order valence-electron chi connectivity index (χ1n) is 7.00. The van der Waals surface area contributed by atoms with Crippen molar-refractivity contribution < 1.29 is 5.11 Å². The molecule has 100 valence electrons. The fraction of sp³-hybridized carbons (Fsp3) is 0.600. The lowest BCUT2D eigenvalue weighted by Gasteiger charge is -2.34. The van der Waals surface area contributed by atoms with Crippen molar-refractivity contribution in [2.24, 2.45) is 5.73 Å². The van der Waals surface area contributed by atoms with Gasteiger partial charge in [0.25, 0.3) is 0 Å². The number of fused-ring (bicyclic) bond motifs is 1. The number of para-hydroxylation sites is 1. The highest BCUT2D eigenvalue weighted by atomic mass is 16.2. The van der Waals surface area contributed by atoms with E-state index in [2.05, 4.69) is 29.2 Å². The van der Waals surface area contributed by atoms with Crippen LogP contribution in [-0.4, -0.2) is 30.8 Å². The van der Waals surface area contributed by atoms with Crippen molar-refractivity contribution in [3.8, 4) is 0 Å². The van der Waals surface area contributed by atoms with Crippen LogP contribution in [0.15, 0.2) is 24.3 Å². The number of nitrogens with zero attached hydrogens (tertiary/aromatic N) is 1. The fourth-order valence-electron chi connectivity index (χ4n) is 2.70. The van der Waals surface area contributed by atoms with Crippen LogP contribution in [0, 0.1) is 0 Å². The zero-order valence-corrected chi connectivity index (χ0v) is 11.0. The van der Waals surface area contributed by atoms with Crippen molar-refractivity contribution in [2.45, 2.75) is 38.1 Å². The maximum atomic E-state index is 8.75. The predicted octanol–water partition coefficient (Wildman–Crippen LogP) is 1.93. The smallest absolute Gasteiger partial charge is 0.0431 e. The van der Waals surface area contributed by atoms with Gasteiger partial charge < -0.3 is 15.7 Å². The average Bonchev–Trinajstić information content (AvgIpc) is 2.38. The molecule has 0 saturated carbocycles. The van der Waals surface area contributed by atoms with Crippen LogP contribution < -0.4 is 10.6 Å². The van der Waals surface area contributed by atoms with E-state index in [-0.39, 0.29) is 6.04 Å². The molecule has 0 aromatic heterocycles. The van der Waals surface area contributed by atoms with Crippen LogP contribution in [0.5, 0.6) is 0 Å². The topological polar surface area (TPSA) is 49.5 Å². The second-order valence-electron chi connectivity index (χ2n) is 5.18. The van der Waals surface area contributed by atoms with Gasteiger partial charge in [-0.25, -0.2) is 0 Å². The molecule has 0 fully saturated rings. The highest BCUT2D eigenvalue weighted by Gasteiger charge is 2.20. The molecule has 1 atom stereocenters. The summed E-state index contributed by atoms with van der Waals surface area (Å²) in [5, 5.41) is 8.75. The second-order valence-corrected chi connectivity index (χ2v) is 5.18. The Bertz CT molecular complexity index is 367. The van der Waals surface area contributed by atoms with Crippen LogP contribution in [0.2, 0.25) is 0 Å². The lowest BCUT2D eigenvalue weighted by molar-refractivity contribution is 0.282. The number of aliphatic hydroxyl groups excluding tert-OH is 1. The minimum absolute atomic E-state index is 0.261. The van der Waals surface area contributed by atoms with Crippen LogP contribution in [0.1, 0.15) is 31.2 Å². The van der Waals surface area contributed by atoms with E-state index in [1.54, 1.807) is 0 Å². The van der Waals surface area contributed by atoms with Crippen LogP contribution >= 0.6 is 0 Å². The summed E-state index contributed by atoms with van der Waals surface area (Å²) in [7, 11) is 0. The number of hydrogen-bond donors (Lipinski definition) is 2. The normalized spacial score (nSPS) is 18.8. The molecule has 3 nitrogen and oxygen atoms in total. The Hall–Kier alpha value is -1.06. The third-order valence-electron chi connectivity index (χ3n) is 3.61. The quantitative estimate of drug-likeness (QED) is 0.756. The van der Waals surface area contributed by atoms with E-state index < -0.39 is 0 Å². The van der Waals surface area contributed by atoms with Crippen molar-refractivity contribution in [3.05, 3.63) is 29.8 Å². The van der Waals surface area contributed by atoms with Crippen molar-refractivity contribution >= 4 is 5.69 Å². The van der Waals surface area contributed by atoms with E-state index in [1.807, 2.05) is 0 Å². The minimum atomic E-state index is 0.261. The van der Waals surface area contributed by atoms with Crippen LogP contribution in [-0.2, 0) is 6.42 Å². The second kappa shape index (κ2) is 6.76. The van der Waals surface area contributed by atoms with Gasteiger partial charge in [0, 0.05) is 31.4 Å². The largest absolute Gasteiger partial charge is 0.396 e. The van der Waals surface area contributed by atoms with Crippen LogP contribution in [0.3, 0.4) is 0 Å². The van der Waals surface area contributed by atoms with Crippen molar-refractivity contribution in [1.82, 2.24) is 0 Å². The third-order valence-corrected chi connectivity index (χ3v) is 3.61. The van der Waals surface area contributed by atoms with Gasteiger partial charge in [0.05, 0.1) is 0 Å². The zero-order chi connectivity index (χ0) is 12.8. The Kier molecular flexibility index (Phi) is 5.02. The Labute approximate surface area is 110 Å². The van der Waals surface area contributed by atoms with E-state index in [4.69, 9.17) is 10.8 Å². The van der Waals surface area contributed by atoms with Crippen LogP contribution in [0.25, 0.3) is 0 Å². The van der Waals surface area contributed by atoms with Gasteiger partial charge >= 0.3 is 0 Å². The molecule has 0 saturated heterocycles. The van der Waals surface area contributed by atoms with Crippen LogP contribution in [0.4, 0.5) is 5.69 Å². The highest BCUT2D eigenvalue weighted by Crippen LogP contribution is 2.26. The van der Waals surface area contributed by atoms with Crippen molar-refractivity contribution in [2.75, 3.05) is 24.6 Å². The lowest BCUT2D eigenvalue weighted by Crippen LogP contribution is -2.43. The number of hydrogen-bond acceptors (Lipinski definition) is 3. The first kappa shape index (κ1) is 13.4. The standard InChI is InChI=1S/C15H24N2O/c16-14-11-13-7-3-4-8-15(13)17(12-14)9-5-1-2-6-10-18/h3-4,7-8,14,18H,1-2,5-6,9-12,16H2. The molecule has 0 radical (unpaired) electrons.